The van der Waals surface area contributed by atoms with Gasteiger partial charge in [-0.1, -0.05) is 11.6 Å². The van der Waals surface area contributed by atoms with Crippen molar-refractivity contribution in [2.24, 2.45) is 0 Å². The van der Waals surface area contributed by atoms with Gasteiger partial charge < -0.3 is 10.4 Å². The number of imidazole rings is 1. The fourth-order valence-corrected chi connectivity index (χ4v) is 2.23. The molecule has 100 valence electrons. The van der Waals surface area contributed by atoms with Crippen LogP contribution in [-0.4, -0.2) is 26.0 Å². The number of pyridine rings is 1. The molecule has 0 aromatic carbocycles. The highest BCUT2D eigenvalue weighted by molar-refractivity contribution is 6.29. The van der Waals surface area contributed by atoms with Crippen LogP contribution in [0.1, 0.15) is 35.7 Å². The summed E-state index contributed by atoms with van der Waals surface area (Å²) in [5, 5.41) is 13.1. The molecule has 0 amide bonds. The lowest BCUT2D eigenvalue weighted by Crippen LogP contribution is -2.27. The Morgan fingerprint density at radius 2 is 2.37 bits per heavy atom. The number of carboxylic acid groups (broad SMARTS) is 1. The summed E-state index contributed by atoms with van der Waals surface area (Å²) in [4.78, 5) is 15.3. The molecule has 2 aromatic rings. The van der Waals surface area contributed by atoms with Crippen LogP contribution in [0.5, 0.6) is 0 Å². The first-order chi connectivity index (χ1) is 8.98. The summed E-state index contributed by atoms with van der Waals surface area (Å²) in [7, 11) is 0. The van der Waals surface area contributed by atoms with Crippen LogP contribution >= 0.6 is 11.6 Å². The number of aromatic carboxylic acids is 1. The van der Waals surface area contributed by atoms with Gasteiger partial charge in [-0.15, -0.1) is 0 Å². The van der Waals surface area contributed by atoms with E-state index < -0.39 is 5.97 Å². The molecule has 5 nitrogen and oxygen atoms in total. The van der Waals surface area contributed by atoms with Crippen molar-refractivity contribution in [3.8, 4) is 0 Å². The van der Waals surface area contributed by atoms with Gasteiger partial charge in [-0.25, -0.2) is 9.78 Å². The molecular weight excluding hydrogens is 266 g/mol. The van der Waals surface area contributed by atoms with Crippen LogP contribution in [0, 0.1) is 0 Å². The molecule has 1 aliphatic rings. The van der Waals surface area contributed by atoms with E-state index in [4.69, 9.17) is 11.6 Å². The number of nitrogens with zero attached hydrogens (tertiary/aromatic N) is 2. The zero-order valence-electron chi connectivity index (χ0n) is 10.5. The molecule has 0 atom stereocenters. The topological polar surface area (TPSA) is 66.6 Å². The van der Waals surface area contributed by atoms with Crippen LogP contribution in [0.2, 0.25) is 5.15 Å². The molecule has 0 spiro atoms. The molecule has 0 aliphatic heterocycles. The van der Waals surface area contributed by atoms with Crippen molar-refractivity contribution in [2.75, 3.05) is 0 Å². The molecule has 1 fully saturated rings. The van der Waals surface area contributed by atoms with E-state index in [2.05, 4.69) is 17.2 Å². The third-order valence-corrected chi connectivity index (χ3v) is 3.85. The molecule has 0 bridgehead atoms. The smallest absolute Gasteiger partial charge is 0.339 e. The van der Waals surface area contributed by atoms with Crippen LogP contribution in [0.25, 0.3) is 5.65 Å². The number of hydrogen-bond donors (Lipinski definition) is 2. The van der Waals surface area contributed by atoms with Gasteiger partial charge in [0.25, 0.3) is 0 Å². The second kappa shape index (κ2) is 4.21. The number of carboxylic acids is 1. The normalized spacial score (nSPS) is 16.7. The second-order valence-electron chi connectivity index (χ2n) is 5.26. The van der Waals surface area contributed by atoms with Crippen LogP contribution in [-0.2, 0) is 6.54 Å². The molecule has 0 unspecified atom stereocenters. The zero-order chi connectivity index (χ0) is 13.6. The minimum Gasteiger partial charge on any atom is -0.478 e. The molecule has 1 saturated carbocycles. The maximum Gasteiger partial charge on any atom is 0.339 e. The lowest BCUT2D eigenvalue weighted by molar-refractivity contribution is 0.0698. The van der Waals surface area contributed by atoms with E-state index in [-0.39, 0.29) is 11.1 Å². The maximum absolute atomic E-state index is 11.3. The Bertz CT molecular complexity index is 661. The number of rotatable bonds is 4. The Hall–Kier alpha value is -1.59. The van der Waals surface area contributed by atoms with E-state index in [1.807, 2.05) is 6.20 Å². The highest BCUT2D eigenvalue weighted by atomic mass is 35.5. The average Bonchev–Trinajstić information content (AvgIpc) is 3.00. The van der Waals surface area contributed by atoms with E-state index >= 15 is 0 Å². The van der Waals surface area contributed by atoms with Gasteiger partial charge in [-0.2, -0.15) is 0 Å². The molecule has 0 saturated heterocycles. The molecule has 2 heterocycles. The standard InChI is InChI=1S/C13H14ClN3O2/c1-13(2-3-13)16-5-8-4-9(12(18)19)11-15-6-10(14)17(11)7-8/h4,6-7,16H,2-3,5H2,1H3,(H,18,19). The van der Waals surface area contributed by atoms with Gasteiger partial charge in [0.15, 0.2) is 5.65 Å². The van der Waals surface area contributed by atoms with Gasteiger partial charge in [0.05, 0.1) is 6.20 Å². The van der Waals surface area contributed by atoms with Crippen LogP contribution in [0.4, 0.5) is 0 Å². The average molecular weight is 280 g/mol. The molecule has 19 heavy (non-hydrogen) atoms. The zero-order valence-corrected chi connectivity index (χ0v) is 11.2. The van der Waals surface area contributed by atoms with E-state index in [9.17, 15) is 9.90 Å². The van der Waals surface area contributed by atoms with Gasteiger partial charge in [0.2, 0.25) is 0 Å². The Labute approximate surface area is 115 Å². The fraction of sp³-hybridized carbons (Fsp3) is 0.385. The molecule has 3 rings (SSSR count). The monoisotopic (exact) mass is 279 g/mol. The van der Waals surface area contributed by atoms with E-state index in [0.29, 0.717) is 17.3 Å². The first kappa shape index (κ1) is 12.4. The second-order valence-corrected chi connectivity index (χ2v) is 5.64. The van der Waals surface area contributed by atoms with Crippen LogP contribution < -0.4 is 5.32 Å². The van der Waals surface area contributed by atoms with Gasteiger partial charge in [-0.3, -0.25) is 4.40 Å². The Kier molecular flexibility index (Phi) is 2.76. The van der Waals surface area contributed by atoms with Crippen molar-refractivity contribution < 1.29 is 9.90 Å². The lowest BCUT2D eigenvalue weighted by Gasteiger charge is -2.12. The SMILES string of the molecule is CC1(NCc2cc(C(=O)O)c3ncc(Cl)n3c2)CC1. The van der Waals surface area contributed by atoms with Gasteiger partial charge >= 0.3 is 5.97 Å². The highest BCUT2D eigenvalue weighted by Crippen LogP contribution is 2.34. The molecule has 0 radical (unpaired) electrons. The third-order valence-electron chi connectivity index (χ3n) is 3.57. The number of halogens is 1. The molecule has 2 N–H and O–H groups in total. The van der Waals surface area contributed by atoms with Gasteiger partial charge in [0.1, 0.15) is 10.7 Å². The number of nitrogens with one attached hydrogen (secondary N) is 1. The van der Waals surface area contributed by atoms with Crippen molar-refractivity contribution in [2.45, 2.75) is 31.8 Å². The first-order valence-corrected chi connectivity index (χ1v) is 6.50. The Morgan fingerprint density at radius 3 is 3.00 bits per heavy atom. The maximum atomic E-state index is 11.3. The predicted octanol–water partition coefficient (Wildman–Crippen LogP) is 2.33. The summed E-state index contributed by atoms with van der Waals surface area (Å²) in [6.45, 7) is 2.79. The van der Waals surface area contributed by atoms with Crippen molar-refractivity contribution in [3.05, 3.63) is 34.7 Å². The molecule has 6 heteroatoms. The molecule has 2 aromatic heterocycles. The first-order valence-electron chi connectivity index (χ1n) is 6.12. The van der Waals surface area contributed by atoms with Gasteiger partial charge in [-0.05, 0) is 31.4 Å². The van der Waals surface area contributed by atoms with E-state index in [1.54, 1.807) is 10.5 Å². The summed E-state index contributed by atoms with van der Waals surface area (Å²) >= 11 is 6.01. The third kappa shape index (κ3) is 2.31. The summed E-state index contributed by atoms with van der Waals surface area (Å²) in [5.74, 6) is -0.994. The minimum atomic E-state index is -0.994. The van der Waals surface area contributed by atoms with E-state index in [1.165, 1.54) is 6.20 Å². The van der Waals surface area contributed by atoms with Crippen molar-refractivity contribution in [1.29, 1.82) is 0 Å². The highest BCUT2D eigenvalue weighted by Gasteiger charge is 2.36. The largest absolute Gasteiger partial charge is 0.478 e. The summed E-state index contributed by atoms with van der Waals surface area (Å²) < 4.78 is 1.61. The number of fused-ring (bicyclic) bond motifs is 1. The van der Waals surface area contributed by atoms with Crippen molar-refractivity contribution >= 4 is 23.2 Å². The van der Waals surface area contributed by atoms with Crippen LogP contribution in [0.3, 0.4) is 0 Å². The van der Waals surface area contributed by atoms with Crippen molar-refractivity contribution in [3.63, 3.8) is 0 Å². The number of carbonyl (C=O) groups is 1. The summed E-state index contributed by atoms with van der Waals surface area (Å²) in [6.07, 6.45) is 5.61. The fourth-order valence-electron chi connectivity index (χ4n) is 2.05. The Balaban J connectivity index is 1.99. The Morgan fingerprint density at radius 1 is 1.63 bits per heavy atom. The molecule has 1 aliphatic carbocycles. The number of aromatic nitrogens is 2. The van der Waals surface area contributed by atoms with Crippen LogP contribution in [0.15, 0.2) is 18.5 Å². The number of hydrogen-bond acceptors (Lipinski definition) is 3. The lowest BCUT2D eigenvalue weighted by atomic mass is 10.2. The quantitative estimate of drug-likeness (QED) is 0.901. The molecular formula is C13H14ClN3O2. The summed E-state index contributed by atoms with van der Waals surface area (Å²) in [5.41, 5.74) is 1.64. The predicted molar refractivity (Wildman–Crippen MR) is 71.6 cm³/mol. The summed E-state index contributed by atoms with van der Waals surface area (Å²) in [6, 6.07) is 1.65. The van der Waals surface area contributed by atoms with E-state index in [0.717, 1.165) is 18.4 Å². The van der Waals surface area contributed by atoms with Crippen molar-refractivity contribution in [1.82, 2.24) is 14.7 Å². The minimum absolute atomic E-state index is 0.173. The van der Waals surface area contributed by atoms with Gasteiger partial charge in [0, 0.05) is 18.3 Å².